The van der Waals surface area contributed by atoms with Crippen molar-refractivity contribution in [1.82, 2.24) is 0 Å². The van der Waals surface area contributed by atoms with Gasteiger partial charge in [-0.3, -0.25) is 14.4 Å². The number of esters is 1. The number of ketones is 1. The van der Waals surface area contributed by atoms with Gasteiger partial charge in [-0.25, -0.2) is 0 Å². The Morgan fingerprint density at radius 1 is 1.04 bits per heavy atom. The summed E-state index contributed by atoms with van der Waals surface area (Å²) in [6.07, 6.45) is -0.794. The lowest BCUT2D eigenvalue weighted by Gasteiger charge is -2.20. The van der Waals surface area contributed by atoms with Crippen molar-refractivity contribution in [2.24, 2.45) is 5.92 Å². The molecule has 1 saturated heterocycles. The number of ether oxygens (including phenoxy) is 1. The fourth-order valence-electron chi connectivity index (χ4n) is 3.48. The molecule has 0 aliphatic carbocycles. The molecule has 0 saturated carbocycles. The van der Waals surface area contributed by atoms with Gasteiger partial charge in [-0.05, 0) is 39.3 Å². The SMILES string of the molecule is Cc1ccc(C(=O)[C@@H](C)OC(=O)[C@H]2CC(=O)N(c3ccc(C)cc3C)C2)cc1. The number of benzene rings is 2. The molecule has 0 aromatic heterocycles. The predicted molar refractivity (Wildman–Crippen MR) is 107 cm³/mol. The summed E-state index contributed by atoms with van der Waals surface area (Å²) < 4.78 is 5.40. The van der Waals surface area contributed by atoms with Gasteiger partial charge in [0.1, 0.15) is 0 Å². The Balaban J connectivity index is 1.65. The maximum Gasteiger partial charge on any atom is 0.312 e. The van der Waals surface area contributed by atoms with Gasteiger partial charge in [0.15, 0.2) is 6.10 Å². The first-order valence-electron chi connectivity index (χ1n) is 9.45. The molecule has 5 heteroatoms. The van der Waals surface area contributed by atoms with Gasteiger partial charge in [0.05, 0.1) is 5.92 Å². The molecule has 5 nitrogen and oxygen atoms in total. The van der Waals surface area contributed by atoms with Crippen LogP contribution in [0.3, 0.4) is 0 Å². The van der Waals surface area contributed by atoms with Crippen LogP contribution >= 0.6 is 0 Å². The Morgan fingerprint density at radius 2 is 1.68 bits per heavy atom. The van der Waals surface area contributed by atoms with Crippen LogP contribution in [0, 0.1) is 26.7 Å². The summed E-state index contributed by atoms with van der Waals surface area (Å²) in [6.45, 7) is 7.72. The highest BCUT2D eigenvalue weighted by Crippen LogP contribution is 2.29. The lowest BCUT2D eigenvalue weighted by atomic mass is 10.1. The maximum absolute atomic E-state index is 12.6. The highest BCUT2D eigenvalue weighted by molar-refractivity contribution is 6.02. The van der Waals surface area contributed by atoms with E-state index >= 15 is 0 Å². The molecule has 2 aromatic carbocycles. The van der Waals surface area contributed by atoms with Gasteiger partial charge < -0.3 is 9.64 Å². The fraction of sp³-hybridized carbons (Fsp3) is 0.348. The Labute approximate surface area is 165 Å². The molecule has 1 aliphatic rings. The summed E-state index contributed by atoms with van der Waals surface area (Å²) in [5, 5.41) is 0. The number of anilines is 1. The number of hydrogen-bond acceptors (Lipinski definition) is 4. The number of amides is 1. The molecule has 1 heterocycles. The van der Waals surface area contributed by atoms with E-state index in [1.807, 2.05) is 51.1 Å². The minimum atomic E-state index is -0.888. The predicted octanol–water partition coefficient (Wildman–Crippen LogP) is 3.78. The van der Waals surface area contributed by atoms with Crippen molar-refractivity contribution in [2.45, 2.75) is 40.2 Å². The second-order valence-corrected chi connectivity index (χ2v) is 7.50. The van der Waals surface area contributed by atoms with Crippen LogP contribution in [0.15, 0.2) is 42.5 Å². The first-order valence-corrected chi connectivity index (χ1v) is 9.45. The number of hydrogen-bond donors (Lipinski definition) is 0. The molecular weight excluding hydrogens is 354 g/mol. The molecule has 0 radical (unpaired) electrons. The van der Waals surface area contributed by atoms with E-state index in [-0.39, 0.29) is 24.7 Å². The zero-order valence-electron chi connectivity index (χ0n) is 16.7. The molecule has 146 valence electrons. The van der Waals surface area contributed by atoms with E-state index in [1.54, 1.807) is 24.0 Å². The van der Waals surface area contributed by atoms with Crippen LogP contribution in [0.5, 0.6) is 0 Å². The summed E-state index contributed by atoms with van der Waals surface area (Å²) >= 11 is 0. The molecule has 0 unspecified atom stereocenters. The number of aryl methyl sites for hydroxylation is 3. The monoisotopic (exact) mass is 379 g/mol. The number of nitrogens with zero attached hydrogens (tertiary/aromatic N) is 1. The average Bonchev–Trinajstić information content (AvgIpc) is 3.03. The van der Waals surface area contributed by atoms with Crippen LogP contribution in [0.2, 0.25) is 0 Å². The Bertz CT molecular complexity index is 917. The molecule has 0 bridgehead atoms. The first kappa shape index (κ1) is 19.8. The molecule has 1 amide bonds. The summed E-state index contributed by atoms with van der Waals surface area (Å²) in [4.78, 5) is 39.1. The Morgan fingerprint density at radius 3 is 2.32 bits per heavy atom. The van der Waals surface area contributed by atoms with Gasteiger partial charge in [0, 0.05) is 24.2 Å². The highest BCUT2D eigenvalue weighted by Gasteiger charge is 2.37. The van der Waals surface area contributed by atoms with Crippen molar-refractivity contribution < 1.29 is 19.1 Å². The zero-order valence-corrected chi connectivity index (χ0v) is 16.7. The van der Waals surface area contributed by atoms with Crippen molar-refractivity contribution in [3.63, 3.8) is 0 Å². The van der Waals surface area contributed by atoms with Crippen molar-refractivity contribution in [3.05, 3.63) is 64.7 Å². The molecule has 3 rings (SSSR count). The molecule has 2 aromatic rings. The molecule has 1 fully saturated rings. The number of rotatable bonds is 5. The largest absolute Gasteiger partial charge is 0.454 e. The zero-order chi connectivity index (χ0) is 20.4. The smallest absolute Gasteiger partial charge is 0.312 e. The number of carbonyl (C=O) groups excluding carboxylic acids is 3. The number of carbonyl (C=O) groups is 3. The van der Waals surface area contributed by atoms with Crippen LogP contribution in [0.4, 0.5) is 5.69 Å². The Hall–Kier alpha value is -2.95. The van der Waals surface area contributed by atoms with E-state index in [0.29, 0.717) is 5.56 Å². The molecule has 28 heavy (non-hydrogen) atoms. The van der Waals surface area contributed by atoms with Crippen LogP contribution in [0.1, 0.15) is 40.4 Å². The van der Waals surface area contributed by atoms with Crippen LogP contribution < -0.4 is 4.90 Å². The van der Waals surface area contributed by atoms with Crippen molar-refractivity contribution in [3.8, 4) is 0 Å². The lowest BCUT2D eigenvalue weighted by Crippen LogP contribution is -2.30. The van der Waals surface area contributed by atoms with Gasteiger partial charge in [-0.15, -0.1) is 0 Å². The standard InChI is InChI=1S/C23H25NO4/c1-14-5-8-18(9-6-14)22(26)17(4)28-23(27)19-12-21(25)24(13-19)20-10-7-15(2)11-16(20)3/h5-11,17,19H,12-13H2,1-4H3/t17-,19+/m1/s1. The maximum atomic E-state index is 12.6. The van der Waals surface area contributed by atoms with Crippen LogP contribution in [-0.4, -0.2) is 30.3 Å². The summed E-state index contributed by atoms with van der Waals surface area (Å²) in [6, 6.07) is 13.0. The van der Waals surface area contributed by atoms with Crippen LogP contribution in [-0.2, 0) is 14.3 Å². The van der Waals surface area contributed by atoms with E-state index in [4.69, 9.17) is 4.74 Å². The minimum Gasteiger partial charge on any atom is -0.454 e. The van der Waals surface area contributed by atoms with Gasteiger partial charge in [0.2, 0.25) is 11.7 Å². The molecule has 2 atom stereocenters. The lowest BCUT2D eigenvalue weighted by molar-refractivity contribution is -0.151. The van der Waals surface area contributed by atoms with Crippen molar-refractivity contribution >= 4 is 23.3 Å². The third-order valence-corrected chi connectivity index (χ3v) is 5.10. The third-order valence-electron chi connectivity index (χ3n) is 5.10. The van der Waals surface area contributed by atoms with E-state index in [1.165, 1.54) is 0 Å². The summed E-state index contributed by atoms with van der Waals surface area (Å²) in [5.41, 5.74) is 4.48. The van der Waals surface area contributed by atoms with Gasteiger partial charge in [-0.1, -0.05) is 47.5 Å². The van der Waals surface area contributed by atoms with E-state index in [0.717, 1.165) is 22.4 Å². The average molecular weight is 379 g/mol. The quantitative estimate of drug-likeness (QED) is 0.586. The topological polar surface area (TPSA) is 63.7 Å². The minimum absolute atomic E-state index is 0.0948. The number of Topliss-reactive ketones (excluding diaryl/α,β-unsaturated/α-hetero) is 1. The Kier molecular flexibility index (Phi) is 5.63. The van der Waals surface area contributed by atoms with Gasteiger partial charge >= 0.3 is 5.97 Å². The van der Waals surface area contributed by atoms with Crippen LogP contribution in [0.25, 0.3) is 0 Å². The molecule has 0 N–H and O–H groups in total. The summed E-state index contributed by atoms with van der Waals surface area (Å²) in [5.74, 6) is -1.43. The molecular formula is C23H25NO4. The van der Waals surface area contributed by atoms with E-state index in [2.05, 4.69) is 0 Å². The first-order chi connectivity index (χ1) is 13.3. The van der Waals surface area contributed by atoms with E-state index < -0.39 is 18.0 Å². The third kappa shape index (κ3) is 4.14. The highest BCUT2D eigenvalue weighted by atomic mass is 16.5. The summed E-state index contributed by atoms with van der Waals surface area (Å²) in [7, 11) is 0. The second kappa shape index (κ2) is 7.97. The second-order valence-electron chi connectivity index (χ2n) is 7.50. The van der Waals surface area contributed by atoms with Gasteiger partial charge in [-0.2, -0.15) is 0 Å². The normalized spacial score (nSPS) is 17.5. The molecule has 0 spiro atoms. The fourth-order valence-corrected chi connectivity index (χ4v) is 3.48. The van der Waals surface area contributed by atoms with E-state index in [9.17, 15) is 14.4 Å². The van der Waals surface area contributed by atoms with Crippen molar-refractivity contribution in [2.75, 3.05) is 11.4 Å². The molecule has 1 aliphatic heterocycles. The van der Waals surface area contributed by atoms with Crippen molar-refractivity contribution in [1.29, 1.82) is 0 Å². The van der Waals surface area contributed by atoms with Gasteiger partial charge in [0.25, 0.3) is 0 Å².